The molecular weight excluding hydrogens is 404 g/mol. The van der Waals surface area contributed by atoms with Crippen LogP contribution in [0.1, 0.15) is 19.4 Å². The molecule has 1 heterocycles. The molecule has 0 saturated carbocycles. The standard InChI is InChI=1S/C26H24N2O4/c1-18-22(24(29)30)23(25(31)32)28(21-16-10-5-11-17-21)26(2,19-12-6-3-7-13-19)27(18)20-14-8-4-9-15-20/h3-18H,1-2H3,(H,29,30)(H,31,32). The number of nitrogens with zero attached hydrogens (tertiary/aromatic N) is 2. The first kappa shape index (κ1) is 21.2. The van der Waals surface area contributed by atoms with E-state index in [9.17, 15) is 19.8 Å². The first-order chi connectivity index (χ1) is 15.4. The molecule has 1 aliphatic rings. The lowest BCUT2D eigenvalue weighted by atomic mass is 9.86. The molecule has 2 N–H and O–H groups in total. The molecular formula is C26H24N2O4. The van der Waals surface area contributed by atoms with Gasteiger partial charge in [0.25, 0.3) is 0 Å². The van der Waals surface area contributed by atoms with Crippen molar-refractivity contribution in [1.29, 1.82) is 0 Å². The van der Waals surface area contributed by atoms with E-state index in [0.717, 1.165) is 11.3 Å². The quantitative estimate of drug-likeness (QED) is 0.613. The fourth-order valence-electron chi connectivity index (χ4n) is 4.68. The average Bonchev–Trinajstić information content (AvgIpc) is 2.80. The minimum Gasteiger partial charge on any atom is -0.478 e. The van der Waals surface area contributed by atoms with Gasteiger partial charge in [-0.1, -0.05) is 66.7 Å². The number of para-hydroxylation sites is 2. The second-order valence-corrected chi connectivity index (χ2v) is 7.81. The van der Waals surface area contributed by atoms with E-state index in [1.54, 1.807) is 24.0 Å². The van der Waals surface area contributed by atoms with Crippen LogP contribution in [0.25, 0.3) is 0 Å². The Morgan fingerprint density at radius 2 is 1.22 bits per heavy atom. The number of benzene rings is 3. The van der Waals surface area contributed by atoms with Gasteiger partial charge < -0.3 is 20.0 Å². The Bertz CT molecular complexity index is 1160. The molecule has 2 atom stereocenters. The van der Waals surface area contributed by atoms with Gasteiger partial charge in [-0.05, 0) is 43.7 Å². The minimum absolute atomic E-state index is 0.168. The maximum absolute atomic E-state index is 12.6. The van der Waals surface area contributed by atoms with Crippen molar-refractivity contribution in [1.82, 2.24) is 0 Å². The van der Waals surface area contributed by atoms with Gasteiger partial charge in [0, 0.05) is 11.4 Å². The number of rotatable bonds is 5. The van der Waals surface area contributed by atoms with Crippen LogP contribution in [-0.4, -0.2) is 28.2 Å². The third kappa shape index (κ3) is 3.30. The monoisotopic (exact) mass is 428 g/mol. The topological polar surface area (TPSA) is 81.1 Å². The summed E-state index contributed by atoms with van der Waals surface area (Å²) < 4.78 is 0. The molecule has 0 bridgehead atoms. The first-order valence-electron chi connectivity index (χ1n) is 10.3. The second-order valence-electron chi connectivity index (χ2n) is 7.81. The van der Waals surface area contributed by atoms with Gasteiger partial charge in [0.2, 0.25) is 0 Å². The van der Waals surface area contributed by atoms with E-state index in [4.69, 9.17) is 0 Å². The largest absolute Gasteiger partial charge is 0.478 e. The molecule has 0 aliphatic carbocycles. The molecule has 1 aliphatic heterocycles. The van der Waals surface area contributed by atoms with Gasteiger partial charge in [-0.15, -0.1) is 0 Å². The smallest absolute Gasteiger partial charge is 0.353 e. The van der Waals surface area contributed by atoms with E-state index < -0.39 is 23.6 Å². The van der Waals surface area contributed by atoms with Crippen LogP contribution in [0.3, 0.4) is 0 Å². The Balaban J connectivity index is 2.14. The molecule has 6 nitrogen and oxygen atoms in total. The zero-order valence-electron chi connectivity index (χ0n) is 17.8. The van der Waals surface area contributed by atoms with Gasteiger partial charge in [0.1, 0.15) is 11.4 Å². The van der Waals surface area contributed by atoms with Crippen molar-refractivity contribution < 1.29 is 19.8 Å². The van der Waals surface area contributed by atoms with Crippen LogP contribution in [0, 0.1) is 0 Å². The molecule has 0 spiro atoms. The van der Waals surface area contributed by atoms with Gasteiger partial charge in [-0.2, -0.15) is 0 Å². The Labute approximate surface area is 186 Å². The Morgan fingerprint density at radius 1 is 0.750 bits per heavy atom. The lowest BCUT2D eigenvalue weighted by Crippen LogP contribution is -2.65. The highest BCUT2D eigenvalue weighted by molar-refractivity contribution is 6.04. The van der Waals surface area contributed by atoms with Crippen LogP contribution >= 0.6 is 0 Å². The van der Waals surface area contributed by atoms with Crippen LogP contribution in [0.2, 0.25) is 0 Å². The molecule has 4 rings (SSSR count). The number of carboxylic acids is 2. The van der Waals surface area contributed by atoms with Crippen molar-refractivity contribution >= 4 is 23.3 Å². The summed E-state index contributed by atoms with van der Waals surface area (Å²) in [4.78, 5) is 28.6. The van der Waals surface area contributed by atoms with Crippen molar-refractivity contribution in [2.45, 2.75) is 25.6 Å². The molecule has 0 radical (unpaired) electrons. The molecule has 0 amide bonds. The zero-order valence-corrected chi connectivity index (χ0v) is 17.8. The van der Waals surface area contributed by atoms with E-state index in [1.807, 2.05) is 90.7 Å². The van der Waals surface area contributed by atoms with Gasteiger partial charge >= 0.3 is 11.9 Å². The van der Waals surface area contributed by atoms with Crippen molar-refractivity contribution in [2.75, 3.05) is 9.80 Å². The number of anilines is 2. The van der Waals surface area contributed by atoms with Crippen molar-refractivity contribution in [2.24, 2.45) is 0 Å². The molecule has 162 valence electrons. The van der Waals surface area contributed by atoms with Crippen molar-refractivity contribution in [3.05, 3.63) is 108 Å². The highest BCUT2D eigenvalue weighted by atomic mass is 16.4. The highest BCUT2D eigenvalue weighted by Gasteiger charge is 2.52. The molecule has 6 heteroatoms. The SMILES string of the molecule is CC1C(C(=O)O)=C(C(=O)O)N(c2ccccc2)C(C)(c2ccccc2)N1c1ccccc1. The lowest BCUT2D eigenvalue weighted by molar-refractivity contribution is -0.136. The zero-order chi connectivity index (χ0) is 22.9. The maximum Gasteiger partial charge on any atom is 0.353 e. The fourth-order valence-corrected chi connectivity index (χ4v) is 4.68. The summed E-state index contributed by atoms with van der Waals surface area (Å²) in [6, 6.07) is 27.4. The third-order valence-electron chi connectivity index (χ3n) is 5.99. The Hall–Kier alpha value is -4.06. The van der Waals surface area contributed by atoms with E-state index in [-0.39, 0.29) is 11.3 Å². The van der Waals surface area contributed by atoms with Crippen LogP contribution in [0.15, 0.2) is 102 Å². The Morgan fingerprint density at radius 3 is 1.69 bits per heavy atom. The summed E-state index contributed by atoms with van der Waals surface area (Å²) in [5, 5.41) is 20.4. The van der Waals surface area contributed by atoms with E-state index >= 15 is 0 Å². The summed E-state index contributed by atoms with van der Waals surface area (Å²) in [5.41, 5.74) is 0.769. The lowest BCUT2D eigenvalue weighted by Gasteiger charge is -2.57. The summed E-state index contributed by atoms with van der Waals surface area (Å²) in [7, 11) is 0. The number of aliphatic carboxylic acids is 2. The average molecular weight is 428 g/mol. The summed E-state index contributed by atoms with van der Waals surface area (Å²) >= 11 is 0. The molecule has 0 fully saturated rings. The van der Waals surface area contributed by atoms with Crippen molar-refractivity contribution in [3.8, 4) is 0 Å². The Kier molecular flexibility index (Phi) is 5.45. The minimum atomic E-state index is -1.28. The molecule has 32 heavy (non-hydrogen) atoms. The van der Waals surface area contributed by atoms with Gasteiger partial charge in [-0.25, -0.2) is 9.59 Å². The fraction of sp³-hybridized carbons (Fsp3) is 0.154. The number of hydrogen-bond donors (Lipinski definition) is 2. The summed E-state index contributed by atoms with van der Waals surface area (Å²) in [5.74, 6) is -2.54. The highest BCUT2D eigenvalue weighted by Crippen LogP contribution is 2.47. The van der Waals surface area contributed by atoms with Crippen LogP contribution < -0.4 is 9.80 Å². The predicted octanol–water partition coefficient (Wildman–Crippen LogP) is 4.70. The molecule has 0 aromatic heterocycles. The summed E-state index contributed by atoms with van der Waals surface area (Å²) in [6.07, 6.45) is 0. The van der Waals surface area contributed by atoms with Crippen LogP contribution in [0.4, 0.5) is 11.4 Å². The van der Waals surface area contributed by atoms with E-state index in [1.165, 1.54) is 0 Å². The van der Waals surface area contributed by atoms with Crippen LogP contribution in [-0.2, 0) is 15.3 Å². The third-order valence-corrected chi connectivity index (χ3v) is 5.99. The van der Waals surface area contributed by atoms with E-state index in [2.05, 4.69) is 0 Å². The van der Waals surface area contributed by atoms with Crippen molar-refractivity contribution in [3.63, 3.8) is 0 Å². The van der Waals surface area contributed by atoms with Gasteiger partial charge in [0.15, 0.2) is 0 Å². The molecule has 3 aromatic rings. The number of carboxylic acid groups (broad SMARTS) is 2. The molecule has 2 unspecified atom stereocenters. The summed E-state index contributed by atoms with van der Waals surface area (Å²) in [6.45, 7) is 3.67. The van der Waals surface area contributed by atoms with E-state index in [0.29, 0.717) is 5.69 Å². The number of hydrogen-bond acceptors (Lipinski definition) is 4. The second kappa shape index (κ2) is 8.23. The normalized spacial score (nSPS) is 20.9. The predicted molar refractivity (Wildman–Crippen MR) is 123 cm³/mol. The number of carbonyl (C=O) groups is 2. The van der Waals surface area contributed by atoms with Gasteiger partial charge in [0.05, 0.1) is 11.6 Å². The maximum atomic E-state index is 12.6. The van der Waals surface area contributed by atoms with Crippen LogP contribution in [0.5, 0.6) is 0 Å². The molecule has 0 saturated heterocycles. The first-order valence-corrected chi connectivity index (χ1v) is 10.3. The molecule has 3 aromatic carbocycles. The van der Waals surface area contributed by atoms with Gasteiger partial charge in [-0.3, -0.25) is 0 Å².